The molecule has 3 N–H and O–H groups in total. The smallest absolute Gasteiger partial charge is 0.339 e. The number of ether oxygens (including phenoxy) is 1. The first-order valence-electron chi connectivity index (χ1n) is 9.14. The molecule has 1 aliphatic rings. The molecule has 1 heterocycles. The van der Waals surface area contributed by atoms with E-state index in [-0.39, 0.29) is 10.8 Å². The van der Waals surface area contributed by atoms with E-state index in [0.29, 0.717) is 23.2 Å². The van der Waals surface area contributed by atoms with Gasteiger partial charge in [0, 0.05) is 17.7 Å². The maximum atomic E-state index is 12.6. The number of anilines is 1. The fourth-order valence-corrected chi connectivity index (χ4v) is 3.84. The predicted molar refractivity (Wildman–Crippen MR) is 111 cm³/mol. The first-order chi connectivity index (χ1) is 14.3. The van der Waals surface area contributed by atoms with Gasteiger partial charge in [-0.15, -0.1) is 0 Å². The summed E-state index contributed by atoms with van der Waals surface area (Å²) in [5.41, 5.74) is 2.87. The third-order valence-corrected chi connectivity index (χ3v) is 5.78. The lowest BCUT2D eigenvalue weighted by Gasteiger charge is -2.25. The molecule has 1 aliphatic heterocycles. The van der Waals surface area contributed by atoms with E-state index in [1.165, 1.54) is 24.3 Å². The number of hydrogen-bond acceptors (Lipinski definition) is 5. The van der Waals surface area contributed by atoms with Crippen molar-refractivity contribution in [3.05, 3.63) is 95.1 Å². The number of nitrogens with one attached hydrogen (secondary N) is 1. The van der Waals surface area contributed by atoms with Gasteiger partial charge in [-0.3, -0.25) is 4.79 Å². The Balaban J connectivity index is 1.55. The van der Waals surface area contributed by atoms with Gasteiger partial charge in [0.05, 0.1) is 10.5 Å². The first kappa shape index (κ1) is 19.8. The van der Waals surface area contributed by atoms with Crippen LogP contribution in [0.25, 0.3) is 0 Å². The highest BCUT2D eigenvalue weighted by molar-refractivity contribution is 7.89. The number of nitrogens with two attached hydrogens (primary N) is 1. The third-order valence-electron chi connectivity index (χ3n) is 4.85. The topological polar surface area (TPSA) is 116 Å². The maximum Gasteiger partial charge on any atom is 0.339 e. The second-order valence-electron chi connectivity index (χ2n) is 6.90. The Hall–Kier alpha value is -3.49. The number of fused-ring (bicyclic) bond motifs is 1. The molecule has 1 unspecified atom stereocenters. The Morgan fingerprint density at radius 2 is 1.70 bits per heavy atom. The number of sulfonamides is 1. The molecular formula is C22H18N2O5S. The van der Waals surface area contributed by atoms with Gasteiger partial charge in [0.1, 0.15) is 6.10 Å². The standard InChI is InChI=1S/C22H18N2O5S/c23-30(27,28)18-9-7-17(8-10-18)24-21(25)15-6-11-19-16(12-15)13-20(29-22(19)26)14-4-2-1-3-5-14/h1-12,20H,13H2,(H,24,25)(H2,23,27,28). The van der Waals surface area contributed by atoms with Gasteiger partial charge in [-0.2, -0.15) is 0 Å². The Morgan fingerprint density at radius 3 is 2.37 bits per heavy atom. The van der Waals surface area contributed by atoms with Crippen LogP contribution in [-0.4, -0.2) is 20.3 Å². The summed E-state index contributed by atoms with van der Waals surface area (Å²) < 4.78 is 28.2. The van der Waals surface area contributed by atoms with E-state index in [2.05, 4.69) is 5.32 Å². The molecule has 0 saturated heterocycles. The summed E-state index contributed by atoms with van der Waals surface area (Å²) in [6, 6.07) is 19.8. The van der Waals surface area contributed by atoms with Crippen LogP contribution in [0.3, 0.4) is 0 Å². The number of hydrogen-bond donors (Lipinski definition) is 2. The van der Waals surface area contributed by atoms with Gasteiger partial charge in [0.25, 0.3) is 5.91 Å². The normalized spacial score (nSPS) is 15.8. The summed E-state index contributed by atoms with van der Waals surface area (Å²) in [6.45, 7) is 0. The van der Waals surface area contributed by atoms with Crippen molar-refractivity contribution in [3.63, 3.8) is 0 Å². The van der Waals surface area contributed by atoms with Crippen LogP contribution < -0.4 is 10.5 Å². The predicted octanol–water partition coefficient (Wildman–Crippen LogP) is 3.04. The molecule has 0 spiro atoms. The summed E-state index contributed by atoms with van der Waals surface area (Å²) in [6.07, 6.45) is 0.0604. The Labute approximate surface area is 173 Å². The van der Waals surface area contributed by atoms with Crippen LogP contribution >= 0.6 is 0 Å². The first-order valence-corrected chi connectivity index (χ1v) is 10.7. The highest BCUT2D eigenvalue weighted by Crippen LogP contribution is 2.31. The number of primary sulfonamides is 1. The number of esters is 1. The number of cyclic esters (lactones) is 1. The van der Waals surface area contributed by atoms with Gasteiger partial charge in [-0.1, -0.05) is 30.3 Å². The number of carbonyl (C=O) groups excluding carboxylic acids is 2. The lowest BCUT2D eigenvalue weighted by atomic mass is 9.93. The highest BCUT2D eigenvalue weighted by atomic mass is 32.2. The molecule has 0 aliphatic carbocycles. The second kappa shape index (κ2) is 7.74. The van der Waals surface area contributed by atoms with E-state index in [9.17, 15) is 18.0 Å². The zero-order valence-electron chi connectivity index (χ0n) is 15.7. The number of amides is 1. The SMILES string of the molecule is NS(=O)(=O)c1ccc(NC(=O)c2ccc3c(c2)CC(c2ccccc2)OC3=O)cc1. The van der Waals surface area contributed by atoms with Crippen molar-refractivity contribution in [3.8, 4) is 0 Å². The van der Waals surface area contributed by atoms with Gasteiger partial charge in [0.2, 0.25) is 10.0 Å². The van der Waals surface area contributed by atoms with E-state index in [1.54, 1.807) is 18.2 Å². The van der Waals surface area contributed by atoms with Gasteiger partial charge in [-0.05, 0) is 53.6 Å². The van der Waals surface area contributed by atoms with Crippen LogP contribution in [-0.2, 0) is 21.2 Å². The minimum atomic E-state index is -3.80. The highest BCUT2D eigenvalue weighted by Gasteiger charge is 2.28. The van der Waals surface area contributed by atoms with Crippen molar-refractivity contribution >= 4 is 27.6 Å². The number of benzene rings is 3. The van der Waals surface area contributed by atoms with Crippen LogP contribution in [0.5, 0.6) is 0 Å². The molecule has 3 aromatic carbocycles. The minimum absolute atomic E-state index is 0.0419. The largest absolute Gasteiger partial charge is 0.454 e. The Morgan fingerprint density at radius 1 is 1.00 bits per heavy atom. The molecule has 30 heavy (non-hydrogen) atoms. The van der Waals surface area contributed by atoms with Gasteiger partial charge >= 0.3 is 5.97 Å². The summed E-state index contributed by atoms with van der Waals surface area (Å²) >= 11 is 0. The third kappa shape index (κ3) is 4.10. The Bertz CT molecular complexity index is 1220. The molecule has 1 atom stereocenters. The van der Waals surface area contributed by atoms with Crippen LogP contribution in [0.1, 0.15) is 37.9 Å². The minimum Gasteiger partial charge on any atom is -0.454 e. The van der Waals surface area contributed by atoms with E-state index in [1.807, 2.05) is 30.3 Å². The molecule has 7 nitrogen and oxygen atoms in total. The van der Waals surface area contributed by atoms with Gasteiger partial charge < -0.3 is 10.1 Å². The molecule has 0 radical (unpaired) electrons. The molecule has 8 heteroatoms. The molecule has 0 bridgehead atoms. The van der Waals surface area contributed by atoms with Crippen molar-refractivity contribution in [2.45, 2.75) is 17.4 Å². The molecule has 0 saturated carbocycles. The monoisotopic (exact) mass is 422 g/mol. The van der Waals surface area contributed by atoms with E-state index in [0.717, 1.165) is 11.1 Å². The van der Waals surface area contributed by atoms with Gasteiger partial charge in [-0.25, -0.2) is 18.4 Å². The quantitative estimate of drug-likeness (QED) is 0.627. The second-order valence-corrected chi connectivity index (χ2v) is 8.47. The number of rotatable bonds is 4. The average molecular weight is 422 g/mol. The molecule has 0 fully saturated rings. The molecule has 0 aromatic heterocycles. The van der Waals surface area contributed by atoms with Gasteiger partial charge in [0.15, 0.2) is 0 Å². The average Bonchev–Trinajstić information content (AvgIpc) is 2.73. The van der Waals surface area contributed by atoms with Crippen molar-refractivity contribution in [1.29, 1.82) is 0 Å². The molecule has 1 amide bonds. The fraction of sp³-hybridized carbons (Fsp3) is 0.0909. The van der Waals surface area contributed by atoms with Crippen molar-refractivity contribution in [2.75, 3.05) is 5.32 Å². The number of carbonyl (C=O) groups is 2. The summed E-state index contributed by atoms with van der Waals surface area (Å²) in [7, 11) is -3.80. The van der Waals surface area contributed by atoms with Crippen LogP contribution in [0.4, 0.5) is 5.69 Å². The zero-order valence-corrected chi connectivity index (χ0v) is 16.6. The van der Waals surface area contributed by atoms with E-state index in [4.69, 9.17) is 9.88 Å². The molecular weight excluding hydrogens is 404 g/mol. The van der Waals surface area contributed by atoms with Crippen LogP contribution in [0.15, 0.2) is 77.7 Å². The van der Waals surface area contributed by atoms with E-state index < -0.39 is 22.1 Å². The zero-order chi connectivity index (χ0) is 21.3. The van der Waals surface area contributed by atoms with Crippen molar-refractivity contribution < 1.29 is 22.7 Å². The van der Waals surface area contributed by atoms with Crippen LogP contribution in [0.2, 0.25) is 0 Å². The Kier molecular flexibility index (Phi) is 5.11. The van der Waals surface area contributed by atoms with Crippen molar-refractivity contribution in [2.24, 2.45) is 5.14 Å². The summed E-state index contributed by atoms with van der Waals surface area (Å²) in [5.74, 6) is -0.799. The molecule has 152 valence electrons. The maximum absolute atomic E-state index is 12.6. The van der Waals surface area contributed by atoms with Crippen LogP contribution in [0, 0.1) is 0 Å². The summed E-state index contributed by atoms with van der Waals surface area (Å²) in [4.78, 5) is 25.0. The molecule has 3 aromatic rings. The molecule has 4 rings (SSSR count). The summed E-state index contributed by atoms with van der Waals surface area (Å²) in [5, 5.41) is 7.78. The lowest BCUT2D eigenvalue weighted by Crippen LogP contribution is -2.23. The van der Waals surface area contributed by atoms with E-state index >= 15 is 0 Å². The lowest BCUT2D eigenvalue weighted by molar-refractivity contribution is 0.0252. The fourth-order valence-electron chi connectivity index (χ4n) is 3.32. The van der Waals surface area contributed by atoms with Crippen molar-refractivity contribution in [1.82, 2.24) is 0 Å².